The number of benzene rings is 1. The molecule has 0 bridgehead atoms. The highest BCUT2D eigenvalue weighted by Crippen LogP contribution is 2.40. The maximum atomic E-state index is 13.0. The Morgan fingerprint density at radius 1 is 1.09 bits per heavy atom. The van der Waals surface area contributed by atoms with Gasteiger partial charge >= 0.3 is 0 Å². The lowest BCUT2D eigenvalue weighted by molar-refractivity contribution is 0.0638. The average Bonchev–Trinajstić information content (AvgIpc) is 3.07. The number of amides is 1. The highest BCUT2D eigenvalue weighted by atomic mass is 16.5. The fraction of sp³-hybridized carbons (Fsp3) is 0.588. The monoisotopic (exact) mass is 320 g/mol. The second kappa shape index (κ2) is 6.66. The van der Waals surface area contributed by atoms with E-state index in [4.69, 9.17) is 14.2 Å². The molecule has 2 unspecified atom stereocenters. The molecule has 6 heteroatoms. The minimum Gasteiger partial charge on any atom is -0.493 e. The molecule has 3 rings (SSSR count). The molecular formula is C17H24N2O4. The average molecular weight is 320 g/mol. The molecular weight excluding hydrogens is 296 g/mol. The highest BCUT2D eigenvalue weighted by Gasteiger charge is 2.35. The first-order valence-corrected chi connectivity index (χ1v) is 7.98. The van der Waals surface area contributed by atoms with Gasteiger partial charge in [-0.3, -0.25) is 4.79 Å². The molecule has 2 heterocycles. The van der Waals surface area contributed by atoms with Crippen LogP contribution in [0.1, 0.15) is 16.8 Å². The predicted molar refractivity (Wildman–Crippen MR) is 86.5 cm³/mol. The molecule has 2 fully saturated rings. The summed E-state index contributed by atoms with van der Waals surface area (Å²) < 4.78 is 16.1. The lowest BCUT2D eigenvalue weighted by atomic mass is 9.88. The molecule has 1 amide bonds. The van der Waals surface area contributed by atoms with Crippen molar-refractivity contribution >= 4 is 5.91 Å². The number of ether oxygens (including phenoxy) is 3. The summed E-state index contributed by atoms with van der Waals surface area (Å²) in [5.41, 5.74) is 0.523. The van der Waals surface area contributed by atoms with E-state index < -0.39 is 0 Å². The van der Waals surface area contributed by atoms with Crippen LogP contribution < -0.4 is 19.5 Å². The van der Waals surface area contributed by atoms with Gasteiger partial charge in [-0.25, -0.2) is 0 Å². The topological polar surface area (TPSA) is 60.0 Å². The van der Waals surface area contributed by atoms with Crippen LogP contribution in [0.4, 0.5) is 0 Å². The van der Waals surface area contributed by atoms with Crippen molar-refractivity contribution in [2.45, 2.75) is 6.42 Å². The van der Waals surface area contributed by atoms with Crippen LogP contribution in [0, 0.1) is 11.8 Å². The van der Waals surface area contributed by atoms with Gasteiger partial charge in [0.25, 0.3) is 5.91 Å². The van der Waals surface area contributed by atoms with Crippen LogP contribution in [0.5, 0.6) is 17.2 Å². The minimum atomic E-state index is -0.00634. The third kappa shape index (κ3) is 2.83. The van der Waals surface area contributed by atoms with Crippen molar-refractivity contribution in [3.63, 3.8) is 0 Å². The molecule has 2 aliphatic rings. The standard InChI is InChI=1S/C17H24N2O4/c1-21-14-5-4-13(15(22-2)16(14)23-3)17(20)19-7-6-11-8-18-9-12(11)10-19/h4-5,11-12,18H,6-10H2,1-3H3. The number of nitrogens with zero attached hydrogens (tertiary/aromatic N) is 1. The number of carbonyl (C=O) groups is 1. The molecule has 1 aromatic rings. The maximum absolute atomic E-state index is 13.0. The minimum absolute atomic E-state index is 0.00634. The zero-order chi connectivity index (χ0) is 16.4. The quantitative estimate of drug-likeness (QED) is 0.908. The number of rotatable bonds is 4. The van der Waals surface area contributed by atoms with E-state index >= 15 is 0 Å². The smallest absolute Gasteiger partial charge is 0.257 e. The molecule has 23 heavy (non-hydrogen) atoms. The Kier molecular flexibility index (Phi) is 4.61. The Morgan fingerprint density at radius 2 is 1.83 bits per heavy atom. The van der Waals surface area contributed by atoms with Gasteiger partial charge in [-0.15, -0.1) is 0 Å². The Hall–Kier alpha value is -1.95. The molecule has 0 saturated carbocycles. The number of likely N-dealkylation sites (tertiary alicyclic amines) is 1. The SMILES string of the molecule is COc1ccc(C(=O)N2CCC3CNCC3C2)c(OC)c1OC. The molecule has 2 saturated heterocycles. The normalized spacial score (nSPS) is 23.3. The van der Waals surface area contributed by atoms with E-state index in [0.717, 1.165) is 32.6 Å². The van der Waals surface area contributed by atoms with Gasteiger partial charge < -0.3 is 24.4 Å². The molecule has 126 valence electrons. The van der Waals surface area contributed by atoms with Crippen molar-refractivity contribution in [3.8, 4) is 17.2 Å². The number of piperidine rings is 1. The van der Waals surface area contributed by atoms with E-state index in [9.17, 15) is 4.79 Å². The van der Waals surface area contributed by atoms with Crippen molar-refractivity contribution in [1.82, 2.24) is 10.2 Å². The summed E-state index contributed by atoms with van der Waals surface area (Å²) in [6, 6.07) is 3.50. The summed E-state index contributed by atoms with van der Waals surface area (Å²) >= 11 is 0. The Morgan fingerprint density at radius 3 is 2.52 bits per heavy atom. The Balaban J connectivity index is 1.87. The first-order valence-electron chi connectivity index (χ1n) is 7.98. The molecule has 0 spiro atoms. The van der Waals surface area contributed by atoms with Gasteiger partial charge in [-0.1, -0.05) is 0 Å². The van der Waals surface area contributed by atoms with Crippen LogP contribution in [0.25, 0.3) is 0 Å². The molecule has 0 aromatic heterocycles. The van der Waals surface area contributed by atoms with Crippen molar-refractivity contribution in [2.24, 2.45) is 11.8 Å². The Labute approximate surface area is 136 Å². The van der Waals surface area contributed by atoms with Gasteiger partial charge in [0.1, 0.15) is 0 Å². The van der Waals surface area contributed by atoms with E-state index in [2.05, 4.69) is 5.32 Å². The van der Waals surface area contributed by atoms with Crippen molar-refractivity contribution in [2.75, 3.05) is 47.5 Å². The summed E-state index contributed by atoms with van der Waals surface area (Å²) in [6.45, 7) is 3.66. The summed E-state index contributed by atoms with van der Waals surface area (Å²) in [6.07, 6.45) is 1.05. The molecule has 1 aromatic carbocycles. The van der Waals surface area contributed by atoms with E-state index in [1.807, 2.05) is 4.90 Å². The van der Waals surface area contributed by atoms with Crippen LogP contribution >= 0.6 is 0 Å². The van der Waals surface area contributed by atoms with Crippen molar-refractivity contribution in [3.05, 3.63) is 17.7 Å². The largest absolute Gasteiger partial charge is 0.493 e. The zero-order valence-electron chi connectivity index (χ0n) is 13.9. The van der Waals surface area contributed by atoms with Crippen LogP contribution in [-0.2, 0) is 0 Å². The summed E-state index contributed by atoms with van der Waals surface area (Å²) in [5, 5.41) is 3.42. The number of hydrogen-bond donors (Lipinski definition) is 1. The second-order valence-electron chi connectivity index (χ2n) is 6.10. The number of methoxy groups -OCH3 is 3. The first kappa shape index (κ1) is 15.9. The van der Waals surface area contributed by atoms with E-state index in [0.29, 0.717) is 34.6 Å². The van der Waals surface area contributed by atoms with Gasteiger partial charge in [0.2, 0.25) is 5.75 Å². The maximum Gasteiger partial charge on any atom is 0.257 e. The lowest BCUT2D eigenvalue weighted by Gasteiger charge is -2.34. The third-order valence-electron chi connectivity index (χ3n) is 4.93. The zero-order valence-corrected chi connectivity index (χ0v) is 13.9. The number of carbonyl (C=O) groups excluding carboxylic acids is 1. The summed E-state index contributed by atoms with van der Waals surface area (Å²) in [4.78, 5) is 14.9. The van der Waals surface area contributed by atoms with Crippen LogP contribution in [0.15, 0.2) is 12.1 Å². The lowest BCUT2D eigenvalue weighted by Crippen LogP contribution is -2.43. The van der Waals surface area contributed by atoms with Gasteiger partial charge in [0.15, 0.2) is 11.5 Å². The first-order chi connectivity index (χ1) is 11.2. The van der Waals surface area contributed by atoms with Gasteiger partial charge in [0.05, 0.1) is 26.9 Å². The van der Waals surface area contributed by atoms with Crippen molar-refractivity contribution < 1.29 is 19.0 Å². The fourth-order valence-corrected chi connectivity index (χ4v) is 3.66. The molecule has 0 aliphatic carbocycles. The van der Waals surface area contributed by atoms with Crippen molar-refractivity contribution in [1.29, 1.82) is 0 Å². The van der Waals surface area contributed by atoms with Crippen LogP contribution in [0.2, 0.25) is 0 Å². The number of fused-ring (bicyclic) bond motifs is 1. The molecule has 1 N–H and O–H groups in total. The van der Waals surface area contributed by atoms with E-state index in [1.54, 1.807) is 33.5 Å². The number of hydrogen-bond acceptors (Lipinski definition) is 5. The molecule has 0 radical (unpaired) electrons. The predicted octanol–water partition coefficient (Wildman–Crippen LogP) is 1.39. The molecule has 6 nitrogen and oxygen atoms in total. The summed E-state index contributed by atoms with van der Waals surface area (Å²) in [7, 11) is 4.65. The molecule has 2 atom stereocenters. The van der Waals surface area contributed by atoms with E-state index in [-0.39, 0.29) is 5.91 Å². The fourth-order valence-electron chi connectivity index (χ4n) is 3.66. The van der Waals surface area contributed by atoms with E-state index in [1.165, 1.54) is 0 Å². The second-order valence-corrected chi connectivity index (χ2v) is 6.10. The third-order valence-corrected chi connectivity index (χ3v) is 4.93. The highest BCUT2D eigenvalue weighted by molar-refractivity contribution is 5.98. The van der Waals surface area contributed by atoms with Gasteiger partial charge in [-0.05, 0) is 43.5 Å². The van der Waals surface area contributed by atoms with Gasteiger partial charge in [0, 0.05) is 13.1 Å². The molecule has 2 aliphatic heterocycles. The van der Waals surface area contributed by atoms with Gasteiger partial charge in [-0.2, -0.15) is 0 Å². The van der Waals surface area contributed by atoms with Crippen LogP contribution in [0.3, 0.4) is 0 Å². The van der Waals surface area contributed by atoms with Crippen LogP contribution in [-0.4, -0.2) is 58.3 Å². The summed E-state index contributed by atoms with van der Waals surface area (Å²) in [5.74, 6) is 2.69. The number of nitrogens with one attached hydrogen (secondary N) is 1. The Bertz CT molecular complexity index is 590.